The summed E-state index contributed by atoms with van der Waals surface area (Å²) in [5, 5.41) is 0. The van der Waals surface area contributed by atoms with Gasteiger partial charge in [0.1, 0.15) is 0 Å². The highest BCUT2D eigenvalue weighted by molar-refractivity contribution is 5.69. The maximum Gasteiger partial charge on any atom is 0.332 e. The van der Waals surface area contributed by atoms with Gasteiger partial charge in [-0.05, 0) is 19.3 Å². The SMILES string of the molecule is C=CCCCn1c(=O)c2c(ncn2C)n(CCCC)c1=O. The average Bonchev–Trinajstić information content (AvgIpc) is 2.84. The molecule has 0 N–H and O–H groups in total. The van der Waals surface area contributed by atoms with Crippen LogP contribution in [-0.2, 0) is 20.1 Å². The number of unbranched alkanes of at least 4 members (excludes halogenated alkanes) is 2. The largest absolute Gasteiger partial charge is 0.332 e. The van der Waals surface area contributed by atoms with E-state index in [2.05, 4.69) is 18.5 Å². The van der Waals surface area contributed by atoms with Crippen LogP contribution < -0.4 is 11.2 Å². The van der Waals surface area contributed by atoms with E-state index in [9.17, 15) is 9.59 Å². The van der Waals surface area contributed by atoms with E-state index in [1.54, 1.807) is 28.6 Å². The lowest BCUT2D eigenvalue weighted by atomic mass is 10.3. The van der Waals surface area contributed by atoms with Crippen LogP contribution in [-0.4, -0.2) is 18.7 Å². The number of hydrogen-bond donors (Lipinski definition) is 0. The van der Waals surface area contributed by atoms with E-state index >= 15 is 0 Å². The Bertz CT molecular complexity index is 751. The zero-order valence-corrected chi connectivity index (χ0v) is 12.7. The van der Waals surface area contributed by atoms with Crippen molar-refractivity contribution in [2.75, 3.05) is 0 Å². The van der Waals surface area contributed by atoms with Crippen molar-refractivity contribution in [1.29, 1.82) is 0 Å². The van der Waals surface area contributed by atoms with Gasteiger partial charge in [-0.25, -0.2) is 9.78 Å². The Hall–Kier alpha value is -2.11. The summed E-state index contributed by atoms with van der Waals surface area (Å²) in [6.45, 7) is 6.74. The highest BCUT2D eigenvalue weighted by Crippen LogP contribution is 2.06. The van der Waals surface area contributed by atoms with Gasteiger partial charge in [0.15, 0.2) is 11.2 Å². The summed E-state index contributed by atoms with van der Waals surface area (Å²) in [4.78, 5) is 29.3. The molecule has 2 rings (SSSR count). The summed E-state index contributed by atoms with van der Waals surface area (Å²) in [6, 6.07) is 0. The first-order valence-corrected chi connectivity index (χ1v) is 7.37. The maximum atomic E-state index is 12.6. The van der Waals surface area contributed by atoms with Crippen molar-refractivity contribution in [3.05, 3.63) is 39.8 Å². The minimum atomic E-state index is -0.260. The lowest BCUT2D eigenvalue weighted by Gasteiger charge is -2.11. The summed E-state index contributed by atoms with van der Waals surface area (Å²) in [5.74, 6) is 0. The second kappa shape index (κ2) is 6.56. The fraction of sp³-hybridized carbons (Fsp3) is 0.533. The van der Waals surface area contributed by atoms with Crippen LogP contribution in [0.25, 0.3) is 11.2 Å². The second-order valence-corrected chi connectivity index (χ2v) is 5.20. The maximum absolute atomic E-state index is 12.6. The third-order valence-corrected chi connectivity index (χ3v) is 3.61. The average molecular weight is 290 g/mol. The Morgan fingerprint density at radius 2 is 1.95 bits per heavy atom. The predicted molar refractivity (Wildman–Crippen MR) is 83.6 cm³/mol. The van der Waals surface area contributed by atoms with E-state index in [1.165, 1.54) is 4.57 Å². The van der Waals surface area contributed by atoms with E-state index in [0.717, 1.165) is 25.7 Å². The van der Waals surface area contributed by atoms with Gasteiger partial charge in [0.2, 0.25) is 0 Å². The Morgan fingerprint density at radius 1 is 1.24 bits per heavy atom. The van der Waals surface area contributed by atoms with E-state index in [0.29, 0.717) is 24.3 Å². The van der Waals surface area contributed by atoms with Crippen LogP contribution in [0.3, 0.4) is 0 Å². The number of aryl methyl sites for hydroxylation is 2. The number of nitrogens with zero attached hydrogens (tertiary/aromatic N) is 4. The minimum Gasteiger partial charge on any atom is -0.328 e. The molecule has 0 bridgehead atoms. The Labute approximate surface area is 123 Å². The number of aromatic nitrogens is 4. The zero-order chi connectivity index (χ0) is 15.4. The molecule has 0 fully saturated rings. The van der Waals surface area contributed by atoms with Crippen molar-refractivity contribution in [3.8, 4) is 0 Å². The van der Waals surface area contributed by atoms with Crippen molar-refractivity contribution >= 4 is 11.2 Å². The molecule has 0 aliphatic heterocycles. The third-order valence-electron chi connectivity index (χ3n) is 3.61. The Morgan fingerprint density at radius 3 is 2.62 bits per heavy atom. The van der Waals surface area contributed by atoms with Crippen molar-refractivity contribution in [2.24, 2.45) is 7.05 Å². The molecule has 114 valence electrons. The molecule has 6 heteroatoms. The van der Waals surface area contributed by atoms with Gasteiger partial charge in [-0.2, -0.15) is 0 Å². The lowest BCUT2D eigenvalue weighted by Crippen LogP contribution is -2.40. The molecule has 6 nitrogen and oxygen atoms in total. The monoisotopic (exact) mass is 290 g/mol. The number of imidazole rings is 1. The fourth-order valence-corrected chi connectivity index (χ4v) is 2.42. The topological polar surface area (TPSA) is 61.8 Å². The smallest absolute Gasteiger partial charge is 0.328 e. The van der Waals surface area contributed by atoms with E-state index in [4.69, 9.17) is 0 Å². The fourth-order valence-electron chi connectivity index (χ4n) is 2.42. The molecule has 0 unspecified atom stereocenters. The summed E-state index contributed by atoms with van der Waals surface area (Å²) in [7, 11) is 1.78. The molecule has 2 aromatic heterocycles. The summed E-state index contributed by atoms with van der Waals surface area (Å²) in [6.07, 6.45) is 6.76. The van der Waals surface area contributed by atoms with Crippen LogP contribution in [0.1, 0.15) is 32.6 Å². The molecule has 0 atom stereocenters. The van der Waals surface area contributed by atoms with E-state index < -0.39 is 0 Å². The van der Waals surface area contributed by atoms with Crippen LogP contribution >= 0.6 is 0 Å². The zero-order valence-electron chi connectivity index (χ0n) is 12.7. The third kappa shape index (κ3) is 2.84. The quantitative estimate of drug-likeness (QED) is 0.575. The first kappa shape index (κ1) is 15.3. The molecule has 0 saturated heterocycles. The summed E-state index contributed by atoms with van der Waals surface area (Å²) >= 11 is 0. The van der Waals surface area contributed by atoms with Gasteiger partial charge >= 0.3 is 5.69 Å². The molecule has 0 aromatic carbocycles. The second-order valence-electron chi connectivity index (χ2n) is 5.20. The minimum absolute atomic E-state index is 0.258. The molecule has 0 amide bonds. The summed E-state index contributed by atoms with van der Waals surface area (Å²) in [5.41, 5.74) is 0.459. The summed E-state index contributed by atoms with van der Waals surface area (Å²) < 4.78 is 4.63. The van der Waals surface area contributed by atoms with Gasteiger partial charge in [0, 0.05) is 20.1 Å². The normalized spacial score (nSPS) is 11.1. The Kier molecular flexibility index (Phi) is 4.77. The van der Waals surface area contributed by atoms with Crippen molar-refractivity contribution in [3.63, 3.8) is 0 Å². The molecule has 2 aromatic rings. The number of rotatable bonds is 7. The first-order chi connectivity index (χ1) is 10.1. The van der Waals surface area contributed by atoms with Gasteiger partial charge < -0.3 is 4.57 Å². The first-order valence-electron chi connectivity index (χ1n) is 7.37. The Balaban J connectivity index is 2.61. The van der Waals surface area contributed by atoms with Crippen LogP contribution in [0.5, 0.6) is 0 Å². The molecule has 21 heavy (non-hydrogen) atoms. The molecule has 2 heterocycles. The molecular formula is C15H22N4O2. The number of allylic oxidation sites excluding steroid dienone is 1. The van der Waals surface area contributed by atoms with E-state index in [-0.39, 0.29) is 11.2 Å². The van der Waals surface area contributed by atoms with Gasteiger partial charge in [-0.3, -0.25) is 13.9 Å². The van der Waals surface area contributed by atoms with Gasteiger partial charge in [0.05, 0.1) is 6.33 Å². The van der Waals surface area contributed by atoms with Crippen molar-refractivity contribution in [2.45, 2.75) is 45.7 Å². The molecular weight excluding hydrogens is 268 g/mol. The number of fused-ring (bicyclic) bond motifs is 1. The molecule has 0 spiro atoms. The highest BCUT2D eigenvalue weighted by Gasteiger charge is 2.16. The molecule has 0 aliphatic rings. The standard InChI is InChI=1S/C15H22N4O2/c1-4-6-8-10-19-14(20)12-13(16-11-17(12)3)18(15(19)21)9-7-5-2/h4,11H,1,5-10H2,2-3H3. The molecule has 0 saturated carbocycles. The molecule has 0 aliphatic carbocycles. The van der Waals surface area contributed by atoms with Crippen LogP contribution in [0.4, 0.5) is 0 Å². The van der Waals surface area contributed by atoms with Crippen molar-refractivity contribution < 1.29 is 0 Å². The lowest BCUT2D eigenvalue weighted by molar-refractivity contribution is 0.535. The molecule has 0 radical (unpaired) electrons. The number of hydrogen-bond acceptors (Lipinski definition) is 3. The van der Waals surface area contributed by atoms with Crippen LogP contribution in [0, 0.1) is 0 Å². The predicted octanol–water partition coefficient (Wildman–Crippen LogP) is 1.66. The highest BCUT2D eigenvalue weighted by atomic mass is 16.2. The van der Waals surface area contributed by atoms with Crippen LogP contribution in [0.15, 0.2) is 28.6 Å². The van der Waals surface area contributed by atoms with Gasteiger partial charge in [-0.1, -0.05) is 19.4 Å². The van der Waals surface area contributed by atoms with Crippen LogP contribution in [0.2, 0.25) is 0 Å². The van der Waals surface area contributed by atoms with E-state index in [1.807, 2.05) is 0 Å². The van der Waals surface area contributed by atoms with Crippen molar-refractivity contribution in [1.82, 2.24) is 18.7 Å². The van der Waals surface area contributed by atoms with Gasteiger partial charge in [0.25, 0.3) is 5.56 Å². The van der Waals surface area contributed by atoms with Gasteiger partial charge in [-0.15, -0.1) is 6.58 Å².